The van der Waals surface area contributed by atoms with Gasteiger partial charge in [-0.3, -0.25) is 4.21 Å². The molecule has 0 aromatic heterocycles. The van der Waals surface area contributed by atoms with E-state index in [-0.39, 0.29) is 12.2 Å². The van der Waals surface area contributed by atoms with Crippen molar-refractivity contribution < 1.29 is 27.2 Å². The zero-order valence-corrected chi connectivity index (χ0v) is 26.7. The molecule has 7 heteroatoms. The molecule has 1 N–H and O–H groups in total. The third-order valence-electron chi connectivity index (χ3n) is 7.69. The number of alkyl halides is 3. The number of phenols is 1. The second-order valence-electron chi connectivity index (χ2n) is 11.2. The van der Waals surface area contributed by atoms with Gasteiger partial charge in [-0.15, -0.1) is 0 Å². The molecule has 0 bridgehead atoms. The van der Waals surface area contributed by atoms with Gasteiger partial charge in [-0.2, -0.15) is 13.2 Å². The number of unbranched alkanes of at least 4 members (excludes halogenated alkanes) is 8. The molecule has 0 radical (unpaired) electrons. The quantitative estimate of drug-likeness (QED) is 0.100. The average molecular weight is 629 g/mol. The van der Waals surface area contributed by atoms with Crippen molar-refractivity contribution in [3.63, 3.8) is 0 Å². The molecule has 0 aliphatic heterocycles. The van der Waals surface area contributed by atoms with E-state index < -0.39 is 23.4 Å². The second kappa shape index (κ2) is 19.4. The Kier molecular flexibility index (Phi) is 15.6. The van der Waals surface area contributed by atoms with Gasteiger partial charge in [-0.1, -0.05) is 100 Å². The summed E-state index contributed by atoms with van der Waals surface area (Å²) in [4.78, 5) is 0. The summed E-state index contributed by atoms with van der Waals surface area (Å²) < 4.78 is 54.4. The van der Waals surface area contributed by atoms with Crippen LogP contribution >= 0.6 is 0 Å². The third-order valence-corrected chi connectivity index (χ3v) is 9.18. The normalized spacial score (nSPS) is 13.0. The number of rotatable bonds is 20. The lowest BCUT2D eigenvalue weighted by Gasteiger charge is -2.17. The first-order chi connectivity index (χ1) is 21.3. The minimum Gasteiger partial charge on any atom is -0.508 e. The zero-order valence-electron chi connectivity index (χ0n) is 25.9. The molecule has 44 heavy (non-hydrogen) atoms. The highest BCUT2D eigenvalue weighted by Crippen LogP contribution is 2.35. The highest BCUT2D eigenvalue weighted by atomic mass is 32.2. The summed E-state index contributed by atoms with van der Waals surface area (Å²) in [6.07, 6.45) is 5.07. The Hall–Kier alpha value is -3.06. The fraction of sp³-hybridized carbons (Fsp3) is 0.459. The molecule has 0 spiro atoms. The van der Waals surface area contributed by atoms with Crippen molar-refractivity contribution >= 4 is 21.9 Å². The summed E-state index contributed by atoms with van der Waals surface area (Å²) in [6.45, 7) is 2.85. The molecule has 3 rings (SSSR count). The maximum atomic E-state index is 12.2. The van der Waals surface area contributed by atoms with Gasteiger partial charge in [0.2, 0.25) is 0 Å². The van der Waals surface area contributed by atoms with E-state index in [1.165, 1.54) is 17.6 Å². The van der Waals surface area contributed by atoms with E-state index in [9.17, 15) is 22.5 Å². The van der Waals surface area contributed by atoms with Gasteiger partial charge in [0.25, 0.3) is 0 Å². The first-order valence-electron chi connectivity index (χ1n) is 16.0. The molecule has 1 unspecified atom stereocenters. The number of hydrogen-bond acceptors (Lipinski definition) is 3. The van der Waals surface area contributed by atoms with Crippen LogP contribution in [0.3, 0.4) is 0 Å². The molecular formula is C37H47F3O3S. The first kappa shape index (κ1) is 35.4. The van der Waals surface area contributed by atoms with Crippen molar-refractivity contribution in [2.75, 3.05) is 18.1 Å². The van der Waals surface area contributed by atoms with E-state index in [0.29, 0.717) is 24.5 Å². The van der Waals surface area contributed by atoms with Crippen molar-refractivity contribution in [3.8, 4) is 11.5 Å². The monoisotopic (exact) mass is 628 g/mol. The van der Waals surface area contributed by atoms with Gasteiger partial charge in [0, 0.05) is 28.7 Å². The van der Waals surface area contributed by atoms with Gasteiger partial charge in [0.15, 0.2) is 0 Å². The van der Waals surface area contributed by atoms with Crippen LogP contribution in [-0.2, 0) is 10.8 Å². The van der Waals surface area contributed by atoms with Crippen LogP contribution in [0.2, 0.25) is 0 Å². The molecule has 240 valence electrons. The summed E-state index contributed by atoms with van der Waals surface area (Å²) in [7, 11) is -0.993. The average Bonchev–Trinajstić information content (AvgIpc) is 3.02. The lowest BCUT2D eigenvalue weighted by atomic mass is 9.88. The van der Waals surface area contributed by atoms with Crippen molar-refractivity contribution in [1.29, 1.82) is 0 Å². The van der Waals surface area contributed by atoms with Gasteiger partial charge in [-0.05, 0) is 84.2 Å². The first-order valence-corrected chi connectivity index (χ1v) is 17.5. The van der Waals surface area contributed by atoms with E-state index in [1.54, 1.807) is 12.1 Å². The molecule has 0 heterocycles. The molecule has 3 nitrogen and oxygen atoms in total. The molecule has 1 atom stereocenters. The van der Waals surface area contributed by atoms with Crippen LogP contribution in [0.15, 0.2) is 78.9 Å². The number of phenolic OH excluding ortho intramolecular Hbond substituents is 1. The number of allylic oxidation sites excluding steroid dienone is 1. The van der Waals surface area contributed by atoms with E-state index in [0.717, 1.165) is 73.8 Å². The highest BCUT2D eigenvalue weighted by molar-refractivity contribution is 7.84. The van der Waals surface area contributed by atoms with Crippen LogP contribution < -0.4 is 4.74 Å². The maximum Gasteiger partial charge on any atom is 0.389 e. The summed E-state index contributed by atoms with van der Waals surface area (Å²) in [5, 5.41) is 9.85. The van der Waals surface area contributed by atoms with Gasteiger partial charge < -0.3 is 9.84 Å². The molecular weight excluding hydrogens is 581 g/mol. The highest BCUT2D eigenvalue weighted by Gasteiger charge is 2.25. The van der Waals surface area contributed by atoms with Gasteiger partial charge >= 0.3 is 6.18 Å². The van der Waals surface area contributed by atoms with Crippen LogP contribution in [0.5, 0.6) is 11.5 Å². The molecule has 3 aromatic carbocycles. The van der Waals surface area contributed by atoms with E-state index in [2.05, 4.69) is 43.3 Å². The number of benzene rings is 3. The van der Waals surface area contributed by atoms with Crippen LogP contribution in [-0.4, -0.2) is 33.6 Å². The Morgan fingerprint density at radius 2 is 1.20 bits per heavy atom. The topological polar surface area (TPSA) is 46.5 Å². The van der Waals surface area contributed by atoms with Gasteiger partial charge in [0.1, 0.15) is 11.5 Å². The SMILES string of the molecule is CC/C(=C(\c1ccc(O)cc1)c1ccc(OCCCCCCCCCCS(=O)CCCCC(F)(F)F)cc1)c1ccccc1. The number of halogens is 3. The minimum absolute atomic E-state index is 0.0715. The summed E-state index contributed by atoms with van der Waals surface area (Å²) in [6, 6.07) is 26.1. The second-order valence-corrected chi connectivity index (χ2v) is 12.9. The van der Waals surface area contributed by atoms with Crippen LogP contribution in [0.1, 0.15) is 101 Å². The number of ether oxygens (including phenoxy) is 1. The van der Waals surface area contributed by atoms with Gasteiger partial charge in [0.05, 0.1) is 6.61 Å². The zero-order chi connectivity index (χ0) is 31.6. The fourth-order valence-corrected chi connectivity index (χ4v) is 6.59. The summed E-state index contributed by atoms with van der Waals surface area (Å²) >= 11 is 0. The standard InChI is InChI=1S/C37H47F3O3S/c1-2-35(30-16-10-9-11-17-30)36(31-18-22-33(41)23-19-31)32-20-24-34(25-21-32)43-27-13-7-5-3-4-6-8-14-28-44(42)29-15-12-26-37(38,39)40/h9-11,16-25,41H,2-8,12-15,26-29H2,1H3/b36-35-. The van der Waals surface area contributed by atoms with Gasteiger partial charge in [-0.25, -0.2) is 0 Å². The molecule has 0 fully saturated rings. The maximum absolute atomic E-state index is 12.2. The van der Waals surface area contributed by atoms with Crippen molar-refractivity contribution in [2.24, 2.45) is 0 Å². The van der Waals surface area contributed by atoms with Crippen LogP contribution in [0.25, 0.3) is 11.1 Å². The van der Waals surface area contributed by atoms with E-state index in [4.69, 9.17) is 4.74 Å². The van der Waals surface area contributed by atoms with Crippen LogP contribution in [0, 0.1) is 0 Å². The summed E-state index contributed by atoms with van der Waals surface area (Å²) in [5.74, 6) is 2.09. The number of aromatic hydroxyl groups is 1. The van der Waals surface area contributed by atoms with E-state index in [1.807, 2.05) is 30.3 Å². The third kappa shape index (κ3) is 13.3. The number of hydrogen-bond donors (Lipinski definition) is 1. The summed E-state index contributed by atoms with van der Waals surface area (Å²) in [5.41, 5.74) is 5.75. The lowest BCUT2D eigenvalue weighted by Crippen LogP contribution is -2.08. The molecule has 3 aromatic rings. The largest absolute Gasteiger partial charge is 0.508 e. The smallest absolute Gasteiger partial charge is 0.389 e. The Bertz CT molecular complexity index is 1270. The lowest BCUT2D eigenvalue weighted by molar-refractivity contribution is -0.135. The van der Waals surface area contributed by atoms with Crippen molar-refractivity contribution in [1.82, 2.24) is 0 Å². The molecule has 0 saturated carbocycles. The molecule has 0 aliphatic carbocycles. The Morgan fingerprint density at radius 3 is 1.77 bits per heavy atom. The minimum atomic E-state index is -4.11. The fourth-order valence-electron chi connectivity index (χ4n) is 5.33. The van der Waals surface area contributed by atoms with Crippen LogP contribution in [0.4, 0.5) is 13.2 Å². The molecule has 0 amide bonds. The molecule has 0 aliphatic rings. The Labute approximate surface area is 264 Å². The predicted molar refractivity (Wildman–Crippen MR) is 177 cm³/mol. The Balaban J connectivity index is 1.35. The van der Waals surface area contributed by atoms with Crippen molar-refractivity contribution in [2.45, 2.75) is 90.1 Å². The van der Waals surface area contributed by atoms with Crippen molar-refractivity contribution in [3.05, 3.63) is 95.6 Å². The molecule has 0 saturated heterocycles. The van der Waals surface area contributed by atoms with E-state index >= 15 is 0 Å². The Morgan fingerprint density at radius 1 is 0.682 bits per heavy atom. The predicted octanol–water partition coefficient (Wildman–Crippen LogP) is 10.7.